The number of piperidine rings is 1. The van der Waals surface area contributed by atoms with Crippen LogP contribution < -0.4 is 4.90 Å². The summed E-state index contributed by atoms with van der Waals surface area (Å²) in [5.41, 5.74) is 2.15. The summed E-state index contributed by atoms with van der Waals surface area (Å²) in [5.74, 6) is 0.720. The van der Waals surface area contributed by atoms with Crippen LogP contribution in [0, 0.1) is 5.41 Å². The summed E-state index contributed by atoms with van der Waals surface area (Å²) in [5, 5.41) is 1.16. The van der Waals surface area contributed by atoms with Crippen LogP contribution in [0.5, 0.6) is 0 Å². The molecule has 1 spiro atoms. The number of sulfone groups is 1. The second kappa shape index (κ2) is 4.95. The maximum Gasteiger partial charge on any atom is 0.150 e. The number of hydrogen-bond donors (Lipinski definition) is 0. The van der Waals surface area contributed by atoms with Crippen LogP contribution in [0.25, 0.3) is 10.9 Å². The lowest BCUT2D eigenvalue weighted by molar-refractivity contribution is 0.270. The van der Waals surface area contributed by atoms with Crippen LogP contribution in [-0.2, 0) is 9.84 Å². The number of para-hydroxylation sites is 1. The highest BCUT2D eigenvalue weighted by Gasteiger charge is 2.44. The summed E-state index contributed by atoms with van der Waals surface area (Å²) in [7, 11) is -2.84. The third-order valence-electron chi connectivity index (χ3n) is 5.10. The zero-order valence-electron chi connectivity index (χ0n) is 12.5. The van der Waals surface area contributed by atoms with Gasteiger partial charge in [-0.15, -0.1) is 0 Å². The first kappa shape index (κ1) is 14.0. The molecule has 2 fully saturated rings. The summed E-state index contributed by atoms with van der Waals surface area (Å²) in [6.07, 6.45) is 4.76. The van der Waals surface area contributed by atoms with Crippen LogP contribution in [0.3, 0.4) is 0 Å². The molecule has 2 saturated heterocycles. The summed E-state index contributed by atoms with van der Waals surface area (Å²) in [6.45, 7) is 1.84. The molecule has 5 heteroatoms. The van der Waals surface area contributed by atoms with Gasteiger partial charge >= 0.3 is 0 Å². The van der Waals surface area contributed by atoms with Gasteiger partial charge in [-0.3, -0.25) is 4.98 Å². The Hall–Kier alpha value is -1.62. The molecule has 116 valence electrons. The maximum atomic E-state index is 11.9. The molecule has 1 atom stereocenters. The van der Waals surface area contributed by atoms with Crippen LogP contribution in [0.15, 0.2) is 36.5 Å². The molecule has 22 heavy (non-hydrogen) atoms. The molecule has 2 aliphatic rings. The van der Waals surface area contributed by atoms with Gasteiger partial charge in [0.15, 0.2) is 9.84 Å². The third kappa shape index (κ3) is 2.37. The summed E-state index contributed by atoms with van der Waals surface area (Å²) < 4.78 is 23.9. The second-order valence-electron chi connectivity index (χ2n) is 6.71. The molecule has 4 nitrogen and oxygen atoms in total. The molecule has 0 aliphatic carbocycles. The number of benzene rings is 1. The van der Waals surface area contributed by atoms with E-state index in [0.29, 0.717) is 11.5 Å². The van der Waals surface area contributed by atoms with Crippen molar-refractivity contribution in [3.8, 4) is 0 Å². The van der Waals surface area contributed by atoms with E-state index in [9.17, 15) is 8.42 Å². The van der Waals surface area contributed by atoms with Crippen molar-refractivity contribution in [2.45, 2.75) is 19.3 Å². The molecule has 0 N–H and O–H groups in total. The standard InChI is InChI=1S/C17H20N2O2S/c20-22(21)11-8-17(13-22)7-3-10-19(12-17)16-6-9-18-15-5-2-1-4-14(15)16/h1-2,4-6,9H,3,7-8,10-13H2. The Morgan fingerprint density at radius 2 is 2.00 bits per heavy atom. The number of aromatic nitrogens is 1. The zero-order chi connectivity index (χ0) is 15.2. The van der Waals surface area contributed by atoms with Crippen LogP contribution in [0.2, 0.25) is 0 Å². The van der Waals surface area contributed by atoms with Crippen LogP contribution in [-0.4, -0.2) is 38.0 Å². The van der Waals surface area contributed by atoms with E-state index >= 15 is 0 Å². The van der Waals surface area contributed by atoms with Gasteiger partial charge < -0.3 is 4.90 Å². The third-order valence-corrected chi connectivity index (χ3v) is 6.98. The Morgan fingerprint density at radius 1 is 1.14 bits per heavy atom. The topological polar surface area (TPSA) is 50.3 Å². The first-order chi connectivity index (χ1) is 10.6. The fourth-order valence-electron chi connectivity index (χ4n) is 4.07. The zero-order valence-corrected chi connectivity index (χ0v) is 13.3. The highest BCUT2D eigenvalue weighted by molar-refractivity contribution is 7.91. The Balaban J connectivity index is 1.70. The monoisotopic (exact) mass is 316 g/mol. The van der Waals surface area contributed by atoms with E-state index in [1.165, 1.54) is 5.69 Å². The van der Waals surface area contributed by atoms with E-state index in [-0.39, 0.29) is 5.41 Å². The summed E-state index contributed by atoms with van der Waals surface area (Å²) >= 11 is 0. The molecule has 1 unspecified atom stereocenters. The molecule has 0 saturated carbocycles. The van der Waals surface area contributed by atoms with Crippen LogP contribution in [0.1, 0.15) is 19.3 Å². The minimum absolute atomic E-state index is 0.0402. The molecular weight excluding hydrogens is 296 g/mol. The average molecular weight is 316 g/mol. The molecule has 2 aliphatic heterocycles. The maximum absolute atomic E-state index is 11.9. The van der Waals surface area contributed by atoms with E-state index < -0.39 is 9.84 Å². The lowest BCUT2D eigenvalue weighted by atomic mass is 9.79. The van der Waals surface area contributed by atoms with Gasteiger partial charge in [-0.25, -0.2) is 8.42 Å². The van der Waals surface area contributed by atoms with Crippen molar-refractivity contribution in [1.29, 1.82) is 0 Å². The van der Waals surface area contributed by atoms with E-state index in [1.807, 2.05) is 24.4 Å². The van der Waals surface area contributed by atoms with Gasteiger partial charge in [0, 0.05) is 35.8 Å². The van der Waals surface area contributed by atoms with Crippen LogP contribution >= 0.6 is 0 Å². The fraction of sp³-hybridized carbons (Fsp3) is 0.471. The summed E-state index contributed by atoms with van der Waals surface area (Å²) in [4.78, 5) is 6.80. The first-order valence-corrected chi connectivity index (χ1v) is 9.68. The highest BCUT2D eigenvalue weighted by atomic mass is 32.2. The normalized spacial score (nSPS) is 27.5. The molecule has 0 bridgehead atoms. The molecular formula is C17H20N2O2S. The lowest BCUT2D eigenvalue weighted by Gasteiger charge is -2.41. The Morgan fingerprint density at radius 3 is 2.82 bits per heavy atom. The summed E-state index contributed by atoms with van der Waals surface area (Å²) in [6, 6.07) is 10.2. The quantitative estimate of drug-likeness (QED) is 0.811. The van der Waals surface area contributed by atoms with Gasteiger partial charge in [-0.05, 0) is 31.4 Å². The Bertz CT molecular complexity index is 813. The van der Waals surface area contributed by atoms with E-state index in [4.69, 9.17) is 0 Å². The van der Waals surface area contributed by atoms with Crippen molar-refractivity contribution < 1.29 is 8.42 Å². The molecule has 0 amide bonds. The highest BCUT2D eigenvalue weighted by Crippen LogP contribution is 2.42. The largest absolute Gasteiger partial charge is 0.370 e. The number of nitrogens with zero attached hydrogens (tertiary/aromatic N) is 2. The molecule has 2 aromatic rings. The predicted octanol–water partition coefficient (Wildman–Crippen LogP) is 2.64. The number of pyridine rings is 1. The van der Waals surface area contributed by atoms with Gasteiger partial charge in [-0.1, -0.05) is 18.2 Å². The van der Waals surface area contributed by atoms with Crippen molar-refractivity contribution in [2.24, 2.45) is 5.41 Å². The first-order valence-electron chi connectivity index (χ1n) is 7.86. The average Bonchev–Trinajstić information content (AvgIpc) is 2.81. The number of anilines is 1. The number of rotatable bonds is 1. The SMILES string of the molecule is O=S1(=O)CCC2(CCCN(c3ccnc4ccccc34)C2)C1. The second-order valence-corrected chi connectivity index (χ2v) is 8.90. The van der Waals surface area contributed by atoms with Gasteiger partial charge in [-0.2, -0.15) is 0 Å². The minimum atomic E-state index is -2.84. The van der Waals surface area contributed by atoms with Crippen LogP contribution in [0.4, 0.5) is 5.69 Å². The number of hydrogen-bond acceptors (Lipinski definition) is 4. The van der Waals surface area contributed by atoms with Crippen molar-refractivity contribution in [2.75, 3.05) is 29.5 Å². The Kier molecular flexibility index (Phi) is 3.15. The van der Waals surface area contributed by atoms with Crippen molar-refractivity contribution in [3.63, 3.8) is 0 Å². The van der Waals surface area contributed by atoms with Crippen molar-refractivity contribution >= 4 is 26.4 Å². The minimum Gasteiger partial charge on any atom is -0.370 e. The van der Waals surface area contributed by atoms with E-state index in [2.05, 4.69) is 22.0 Å². The molecule has 4 rings (SSSR count). The van der Waals surface area contributed by atoms with Crippen molar-refractivity contribution in [1.82, 2.24) is 4.98 Å². The van der Waals surface area contributed by atoms with Gasteiger partial charge in [0.1, 0.15) is 0 Å². The molecule has 3 heterocycles. The lowest BCUT2D eigenvalue weighted by Crippen LogP contribution is -2.44. The molecule has 1 aromatic heterocycles. The van der Waals surface area contributed by atoms with Gasteiger partial charge in [0.05, 0.1) is 17.0 Å². The van der Waals surface area contributed by atoms with E-state index in [1.54, 1.807) is 0 Å². The van der Waals surface area contributed by atoms with E-state index in [0.717, 1.165) is 43.3 Å². The molecule has 1 aromatic carbocycles. The van der Waals surface area contributed by atoms with Crippen molar-refractivity contribution in [3.05, 3.63) is 36.5 Å². The van der Waals surface area contributed by atoms with Gasteiger partial charge in [0.2, 0.25) is 0 Å². The Labute approximate surface area is 131 Å². The fourth-order valence-corrected chi connectivity index (χ4v) is 6.28. The molecule has 0 radical (unpaired) electrons. The predicted molar refractivity (Wildman–Crippen MR) is 88.9 cm³/mol. The smallest absolute Gasteiger partial charge is 0.150 e. The number of fused-ring (bicyclic) bond motifs is 1. The van der Waals surface area contributed by atoms with Gasteiger partial charge in [0.25, 0.3) is 0 Å².